The Morgan fingerprint density at radius 3 is 2.45 bits per heavy atom. The first kappa shape index (κ1) is 27.7. The number of amides is 1. The van der Waals surface area contributed by atoms with E-state index >= 15 is 0 Å². The molecule has 0 bridgehead atoms. The number of para-hydroxylation sites is 1. The molecule has 0 atom stereocenters. The summed E-state index contributed by atoms with van der Waals surface area (Å²) in [4.78, 5) is 21.7. The number of aromatic nitrogens is 3. The Kier molecular flexibility index (Phi) is 7.83. The fourth-order valence-corrected chi connectivity index (χ4v) is 6.50. The lowest BCUT2D eigenvalue weighted by Gasteiger charge is -2.34. The maximum Gasteiger partial charge on any atom is 0.311 e. The summed E-state index contributed by atoms with van der Waals surface area (Å²) >= 11 is 0. The van der Waals surface area contributed by atoms with Crippen LogP contribution in [0.15, 0.2) is 58.0 Å². The SMILES string of the molecule is COc1cc(C)c(S(=O)(=O)N(C)Cc2nnc(C(=O)N3CCN(Cc4cnc5ccccc5c4)CC3)o2)c(C)c1. The van der Waals surface area contributed by atoms with Gasteiger partial charge in [0.2, 0.25) is 15.9 Å². The van der Waals surface area contributed by atoms with Gasteiger partial charge in [-0.1, -0.05) is 18.2 Å². The number of rotatable bonds is 8. The summed E-state index contributed by atoms with van der Waals surface area (Å²) in [5.74, 6) is 0.117. The molecule has 1 aliphatic rings. The zero-order chi connectivity index (χ0) is 28.4. The van der Waals surface area contributed by atoms with Gasteiger partial charge in [-0.15, -0.1) is 10.2 Å². The normalized spacial score (nSPS) is 14.7. The molecule has 0 spiro atoms. The van der Waals surface area contributed by atoms with Crippen LogP contribution in [-0.4, -0.2) is 83.9 Å². The van der Waals surface area contributed by atoms with E-state index in [1.54, 1.807) is 30.9 Å². The Labute approximate surface area is 233 Å². The number of piperazine rings is 1. The van der Waals surface area contributed by atoms with Gasteiger partial charge in [-0.25, -0.2) is 8.42 Å². The van der Waals surface area contributed by atoms with Crippen LogP contribution in [0, 0.1) is 13.8 Å². The second-order valence-electron chi connectivity index (χ2n) is 9.96. The maximum atomic E-state index is 13.3. The summed E-state index contributed by atoms with van der Waals surface area (Å²) in [6.07, 6.45) is 1.90. The molecule has 40 heavy (non-hydrogen) atoms. The molecule has 0 radical (unpaired) electrons. The van der Waals surface area contributed by atoms with Gasteiger partial charge in [0.25, 0.3) is 0 Å². The number of carbonyl (C=O) groups excluding carboxylic acids is 1. The summed E-state index contributed by atoms with van der Waals surface area (Å²) < 4.78 is 38.6. The number of methoxy groups -OCH3 is 1. The topological polar surface area (TPSA) is 122 Å². The van der Waals surface area contributed by atoms with Gasteiger partial charge in [-0.2, -0.15) is 4.31 Å². The van der Waals surface area contributed by atoms with E-state index in [1.165, 1.54) is 14.2 Å². The number of pyridine rings is 1. The molecule has 3 heterocycles. The largest absolute Gasteiger partial charge is 0.497 e. The van der Waals surface area contributed by atoms with Gasteiger partial charge >= 0.3 is 11.8 Å². The Morgan fingerprint density at radius 1 is 1.05 bits per heavy atom. The van der Waals surface area contributed by atoms with Crippen LogP contribution in [0.3, 0.4) is 0 Å². The van der Waals surface area contributed by atoms with Crippen LogP contribution in [-0.2, 0) is 23.1 Å². The van der Waals surface area contributed by atoms with Crippen molar-refractivity contribution >= 4 is 26.8 Å². The molecule has 1 saturated heterocycles. The predicted molar refractivity (Wildman–Crippen MR) is 148 cm³/mol. The summed E-state index contributed by atoms with van der Waals surface area (Å²) in [6.45, 7) is 6.45. The molecule has 5 rings (SSSR count). The monoisotopic (exact) mass is 564 g/mol. The van der Waals surface area contributed by atoms with E-state index in [0.717, 1.165) is 27.3 Å². The maximum absolute atomic E-state index is 13.3. The van der Waals surface area contributed by atoms with Crippen LogP contribution in [0.5, 0.6) is 5.75 Å². The first-order valence-electron chi connectivity index (χ1n) is 12.9. The number of sulfonamides is 1. The van der Waals surface area contributed by atoms with Crippen LogP contribution in [0.1, 0.15) is 33.3 Å². The third-order valence-electron chi connectivity index (χ3n) is 7.06. The fraction of sp³-hybridized carbons (Fsp3) is 0.357. The third-order valence-corrected chi connectivity index (χ3v) is 9.17. The Hall–Kier alpha value is -3.87. The summed E-state index contributed by atoms with van der Waals surface area (Å²) in [5, 5.41) is 8.95. The molecule has 2 aromatic heterocycles. The average Bonchev–Trinajstić information content (AvgIpc) is 3.41. The lowest BCUT2D eigenvalue weighted by molar-refractivity contribution is 0.0587. The predicted octanol–water partition coefficient (Wildman–Crippen LogP) is 3.02. The van der Waals surface area contributed by atoms with Crippen LogP contribution < -0.4 is 4.74 Å². The van der Waals surface area contributed by atoms with Crippen molar-refractivity contribution in [1.29, 1.82) is 0 Å². The van der Waals surface area contributed by atoms with Gasteiger partial charge in [0.15, 0.2) is 0 Å². The number of aryl methyl sites for hydroxylation is 2. The molecule has 2 aromatic carbocycles. The van der Waals surface area contributed by atoms with Crippen molar-refractivity contribution < 1.29 is 22.4 Å². The van der Waals surface area contributed by atoms with Gasteiger partial charge in [0.05, 0.1) is 24.1 Å². The molecule has 0 N–H and O–H groups in total. The van der Waals surface area contributed by atoms with Crippen molar-refractivity contribution in [3.05, 3.63) is 77.1 Å². The standard InChI is InChI=1S/C28H32N6O5S/c1-19-13-23(38-4)14-20(2)26(19)40(36,37)32(3)18-25-30-31-27(39-25)28(35)34-11-9-33(10-12-34)17-21-15-22-7-5-6-8-24(22)29-16-21/h5-8,13-16H,9-12,17-18H2,1-4H3. The van der Waals surface area contributed by atoms with Gasteiger partial charge in [0.1, 0.15) is 5.75 Å². The molecular weight excluding hydrogens is 532 g/mol. The lowest BCUT2D eigenvalue weighted by Crippen LogP contribution is -2.48. The lowest BCUT2D eigenvalue weighted by atomic mass is 10.1. The number of hydrogen-bond acceptors (Lipinski definition) is 9. The van der Waals surface area contributed by atoms with E-state index in [2.05, 4.69) is 32.2 Å². The van der Waals surface area contributed by atoms with Crippen LogP contribution in [0.25, 0.3) is 10.9 Å². The van der Waals surface area contributed by atoms with E-state index in [0.29, 0.717) is 43.1 Å². The minimum absolute atomic E-state index is 0.0423. The van der Waals surface area contributed by atoms with Crippen molar-refractivity contribution in [3.63, 3.8) is 0 Å². The van der Waals surface area contributed by atoms with E-state index in [1.807, 2.05) is 24.4 Å². The van der Waals surface area contributed by atoms with E-state index < -0.39 is 10.0 Å². The smallest absolute Gasteiger partial charge is 0.311 e. The molecule has 210 valence electrons. The molecule has 0 aliphatic carbocycles. The number of ether oxygens (including phenoxy) is 1. The van der Waals surface area contributed by atoms with E-state index in [4.69, 9.17) is 9.15 Å². The number of fused-ring (bicyclic) bond motifs is 1. The molecule has 1 fully saturated rings. The van der Waals surface area contributed by atoms with Crippen molar-refractivity contribution in [2.75, 3.05) is 40.3 Å². The molecule has 1 amide bonds. The quantitative estimate of drug-likeness (QED) is 0.318. The van der Waals surface area contributed by atoms with E-state index in [-0.39, 0.29) is 29.1 Å². The number of nitrogens with zero attached hydrogens (tertiary/aromatic N) is 6. The highest BCUT2D eigenvalue weighted by Crippen LogP contribution is 2.28. The molecule has 0 unspecified atom stereocenters. The zero-order valence-corrected chi connectivity index (χ0v) is 23.8. The Balaban J connectivity index is 1.18. The minimum atomic E-state index is -3.85. The van der Waals surface area contributed by atoms with Crippen LogP contribution >= 0.6 is 0 Å². The Bertz CT molecular complexity index is 1620. The average molecular weight is 565 g/mol. The molecule has 11 nitrogen and oxygen atoms in total. The Morgan fingerprint density at radius 2 is 1.75 bits per heavy atom. The highest BCUT2D eigenvalue weighted by Gasteiger charge is 2.29. The second-order valence-corrected chi connectivity index (χ2v) is 11.9. The molecule has 0 saturated carbocycles. The van der Waals surface area contributed by atoms with E-state index in [9.17, 15) is 13.2 Å². The zero-order valence-electron chi connectivity index (χ0n) is 23.0. The molecule has 12 heteroatoms. The van der Waals surface area contributed by atoms with Crippen molar-refractivity contribution in [3.8, 4) is 5.75 Å². The van der Waals surface area contributed by atoms with Crippen molar-refractivity contribution in [2.45, 2.75) is 31.8 Å². The number of hydrogen-bond donors (Lipinski definition) is 0. The summed E-state index contributed by atoms with van der Waals surface area (Å²) in [7, 11) is -0.881. The van der Waals surface area contributed by atoms with Gasteiger partial charge < -0.3 is 14.1 Å². The number of carbonyl (C=O) groups is 1. The van der Waals surface area contributed by atoms with Crippen LogP contribution in [0.2, 0.25) is 0 Å². The van der Waals surface area contributed by atoms with Crippen molar-refractivity contribution in [2.24, 2.45) is 0 Å². The van der Waals surface area contributed by atoms with Gasteiger partial charge in [-0.3, -0.25) is 14.7 Å². The van der Waals surface area contributed by atoms with Crippen molar-refractivity contribution in [1.82, 2.24) is 29.3 Å². The first-order valence-corrected chi connectivity index (χ1v) is 14.4. The summed E-state index contributed by atoms with van der Waals surface area (Å²) in [5.41, 5.74) is 3.23. The fourth-order valence-electron chi connectivity index (χ4n) is 4.98. The molecule has 4 aromatic rings. The van der Waals surface area contributed by atoms with Gasteiger partial charge in [0, 0.05) is 51.4 Å². The molecular formula is C28H32N6O5S. The highest BCUT2D eigenvalue weighted by atomic mass is 32.2. The van der Waals surface area contributed by atoms with Gasteiger partial charge in [-0.05, 0) is 54.8 Å². The number of benzene rings is 2. The summed E-state index contributed by atoms with van der Waals surface area (Å²) in [6, 6.07) is 13.5. The first-order chi connectivity index (χ1) is 19.2. The molecule has 1 aliphatic heterocycles. The third kappa shape index (κ3) is 5.69. The second kappa shape index (κ2) is 11.3. The minimum Gasteiger partial charge on any atom is -0.497 e. The van der Waals surface area contributed by atoms with Crippen LogP contribution in [0.4, 0.5) is 0 Å². The highest BCUT2D eigenvalue weighted by molar-refractivity contribution is 7.89.